The van der Waals surface area contributed by atoms with E-state index < -0.39 is 5.82 Å². The second-order valence-corrected chi connectivity index (χ2v) is 5.72. The number of nitrogens with zero attached hydrogens (tertiary/aromatic N) is 1. The zero-order valence-corrected chi connectivity index (χ0v) is 12.2. The molecule has 0 amide bonds. The maximum Gasteiger partial charge on any atom is 0.161 e. The van der Waals surface area contributed by atoms with Crippen molar-refractivity contribution in [1.82, 2.24) is 0 Å². The molecule has 102 valence electrons. The van der Waals surface area contributed by atoms with Gasteiger partial charge in [0.05, 0.1) is 15.7 Å². The Labute approximate surface area is 121 Å². The number of hydrogen-bond donors (Lipinski definition) is 2. The molecular formula is C14H17BrFN3. The van der Waals surface area contributed by atoms with Crippen LogP contribution >= 0.6 is 15.9 Å². The van der Waals surface area contributed by atoms with E-state index >= 15 is 0 Å². The van der Waals surface area contributed by atoms with Gasteiger partial charge in [-0.3, -0.25) is 0 Å². The van der Waals surface area contributed by atoms with Crippen LogP contribution in [0.15, 0.2) is 16.6 Å². The van der Waals surface area contributed by atoms with E-state index in [2.05, 4.69) is 21.2 Å². The molecular weight excluding hydrogens is 309 g/mol. The van der Waals surface area contributed by atoms with Gasteiger partial charge in [0.15, 0.2) is 5.82 Å². The lowest BCUT2D eigenvalue weighted by molar-refractivity contribution is 0.460. The zero-order chi connectivity index (χ0) is 13.8. The lowest BCUT2D eigenvalue weighted by atomic mass is 9.98. The van der Waals surface area contributed by atoms with Crippen LogP contribution in [0.1, 0.15) is 31.2 Å². The fourth-order valence-corrected chi connectivity index (χ4v) is 3.11. The topological polar surface area (TPSA) is 61.8 Å². The van der Waals surface area contributed by atoms with Crippen LogP contribution in [0.2, 0.25) is 0 Å². The van der Waals surface area contributed by atoms with Gasteiger partial charge >= 0.3 is 0 Å². The molecule has 1 aromatic carbocycles. The van der Waals surface area contributed by atoms with Gasteiger partial charge in [-0.1, -0.05) is 12.8 Å². The van der Waals surface area contributed by atoms with Gasteiger partial charge in [-0.2, -0.15) is 5.26 Å². The Morgan fingerprint density at radius 2 is 2.16 bits per heavy atom. The van der Waals surface area contributed by atoms with Crippen LogP contribution in [0.5, 0.6) is 0 Å². The summed E-state index contributed by atoms with van der Waals surface area (Å²) in [6, 6.07) is 5.26. The normalized spacial score (nSPS) is 17.2. The van der Waals surface area contributed by atoms with Gasteiger partial charge in [0.1, 0.15) is 6.07 Å². The first-order valence-corrected chi connectivity index (χ1v) is 7.31. The highest BCUT2D eigenvalue weighted by molar-refractivity contribution is 9.10. The second kappa shape index (κ2) is 6.36. The molecule has 1 saturated carbocycles. The number of nitrogens with one attached hydrogen (secondary N) is 1. The molecule has 1 atom stereocenters. The van der Waals surface area contributed by atoms with Gasteiger partial charge in [0, 0.05) is 12.6 Å². The molecule has 0 radical (unpaired) electrons. The first kappa shape index (κ1) is 14.3. The Balaban J connectivity index is 2.18. The van der Waals surface area contributed by atoms with E-state index in [0.29, 0.717) is 23.7 Å². The summed E-state index contributed by atoms with van der Waals surface area (Å²) >= 11 is 3.12. The third-order valence-corrected chi connectivity index (χ3v) is 4.54. The number of nitriles is 1. The van der Waals surface area contributed by atoms with Crippen molar-refractivity contribution in [2.75, 3.05) is 11.9 Å². The van der Waals surface area contributed by atoms with Gasteiger partial charge in [-0.15, -0.1) is 0 Å². The molecule has 1 aromatic rings. The van der Waals surface area contributed by atoms with E-state index in [9.17, 15) is 4.39 Å². The molecule has 0 aromatic heterocycles. The molecule has 0 bridgehead atoms. The van der Waals surface area contributed by atoms with Crippen molar-refractivity contribution in [2.45, 2.75) is 31.7 Å². The van der Waals surface area contributed by atoms with Gasteiger partial charge in [-0.05, 0) is 46.8 Å². The van der Waals surface area contributed by atoms with Crippen molar-refractivity contribution in [2.24, 2.45) is 11.7 Å². The molecule has 1 unspecified atom stereocenters. The van der Waals surface area contributed by atoms with Crippen molar-refractivity contribution in [1.29, 1.82) is 5.26 Å². The Kier molecular flexibility index (Phi) is 4.78. The maximum atomic E-state index is 14.1. The number of rotatable bonds is 4. The van der Waals surface area contributed by atoms with E-state index in [1.54, 1.807) is 12.1 Å². The molecule has 0 heterocycles. The highest BCUT2D eigenvalue weighted by Gasteiger charge is 2.25. The fourth-order valence-electron chi connectivity index (χ4n) is 2.68. The van der Waals surface area contributed by atoms with Crippen molar-refractivity contribution in [3.05, 3.63) is 28.0 Å². The van der Waals surface area contributed by atoms with Gasteiger partial charge < -0.3 is 11.1 Å². The van der Waals surface area contributed by atoms with E-state index in [0.717, 1.165) is 12.8 Å². The summed E-state index contributed by atoms with van der Waals surface area (Å²) in [6.45, 7) is 0.488. The maximum absolute atomic E-state index is 14.1. The van der Waals surface area contributed by atoms with Crippen LogP contribution in [0.4, 0.5) is 10.1 Å². The largest absolute Gasteiger partial charge is 0.378 e. The van der Waals surface area contributed by atoms with Crippen LogP contribution in [-0.2, 0) is 0 Å². The summed E-state index contributed by atoms with van der Waals surface area (Å²) < 4.78 is 14.3. The highest BCUT2D eigenvalue weighted by atomic mass is 79.9. The van der Waals surface area contributed by atoms with Crippen LogP contribution in [0.25, 0.3) is 0 Å². The first-order valence-electron chi connectivity index (χ1n) is 6.52. The Morgan fingerprint density at radius 1 is 1.47 bits per heavy atom. The predicted molar refractivity (Wildman–Crippen MR) is 77.2 cm³/mol. The molecule has 0 saturated heterocycles. The third-order valence-electron chi connectivity index (χ3n) is 3.77. The zero-order valence-electron chi connectivity index (χ0n) is 10.6. The first-order chi connectivity index (χ1) is 9.17. The number of anilines is 1. The van der Waals surface area contributed by atoms with Crippen LogP contribution in [0.3, 0.4) is 0 Å². The average molecular weight is 326 g/mol. The molecule has 0 aliphatic heterocycles. The van der Waals surface area contributed by atoms with Gasteiger partial charge in [0.2, 0.25) is 0 Å². The van der Waals surface area contributed by atoms with Crippen LogP contribution in [0, 0.1) is 23.1 Å². The monoisotopic (exact) mass is 325 g/mol. The molecule has 19 heavy (non-hydrogen) atoms. The quantitative estimate of drug-likeness (QED) is 0.891. The third kappa shape index (κ3) is 3.07. The van der Waals surface area contributed by atoms with Crippen molar-refractivity contribution in [3.8, 4) is 6.07 Å². The summed E-state index contributed by atoms with van der Waals surface area (Å²) in [6.07, 6.45) is 4.74. The molecule has 5 heteroatoms. The van der Waals surface area contributed by atoms with Crippen LogP contribution in [-0.4, -0.2) is 12.6 Å². The van der Waals surface area contributed by atoms with Crippen molar-refractivity contribution < 1.29 is 4.39 Å². The molecule has 0 spiro atoms. The van der Waals surface area contributed by atoms with E-state index in [1.807, 2.05) is 6.07 Å². The van der Waals surface area contributed by atoms with Crippen molar-refractivity contribution in [3.63, 3.8) is 0 Å². The number of hydrogen-bond acceptors (Lipinski definition) is 3. The van der Waals surface area contributed by atoms with Crippen molar-refractivity contribution >= 4 is 21.6 Å². The summed E-state index contributed by atoms with van der Waals surface area (Å²) in [4.78, 5) is 0. The molecule has 1 aliphatic carbocycles. The lowest BCUT2D eigenvalue weighted by Gasteiger charge is -2.24. The number of benzene rings is 1. The van der Waals surface area contributed by atoms with E-state index in [4.69, 9.17) is 11.0 Å². The smallest absolute Gasteiger partial charge is 0.161 e. The minimum absolute atomic E-state index is 0.0943. The Morgan fingerprint density at radius 3 is 2.74 bits per heavy atom. The lowest BCUT2D eigenvalue weighted by Crippen LogP contribution is -2.35. The van der Waals surface area contributed by atoms with Gasteiger partial charge in [-0.25, -0.2) is 4.39 Å². The molecule has 3 N–H and O–H groups in total. The van der Waals surface area contributed by atoms with Crippen LogP contribution < -0.4 is 11.1 Å². The van der Waals surface area contributed by atoms with E-state index in [-0.39, 0.29) is 10.5 Å². The Bertz CT molecular complexity index is 492. The SMILES string of the molecule is N#Cc1ccc(NC(CN)C2CCCC2)c(F)c1Br. The molecule has 3 nitrogen and oxygen atoms in total. The van der Waals surface area contributed by atoms with E-state index in [1.165, 1.54) is 12.8 Å². The number of halogens is 2. The summed E-state index contributed by atoms with van der Waals surface area (Å²) in [5.74, 6) is 0.0920. The molecule has 1 aliphatic rings. The fraction of sp³-hybridized carbons (Fsp3) is 0.500. The minimum Gasteiger partial charge on any atom is -0.378 e. The standard InChI is InChI=1S/C14H17BrFN3/c15-13-10(7-17)5-6-11(14(13)16)19-12(8-18)9-3-1-2-4-9/h5-6,9,12,19H,1-4,8,18H2. The molecule has 2 rings (SSSR count). The highest BCUT2D eigenvalue weighted by Crippen LogP contribution is 2.31. The molecule has 1 fully saturated rings. The minimum atomic E-state index is -0.421. The van der Waals surface area contributed by atoms with Gasteiger partial charge in [0.25, 0.3) is 0 Å². The summed E-state index contributed by atoms with van der Waals surface area (Å²) in [5, 5.41) is 12.0. The Hall–Kier alpha value is -1.12. The number of nitrogens with two attached hydrogens (primary N) is 1. The second-order valence-electron chi connectivity index (χ2n) is 4.93. The predicted octanol–water partition coefficient (Wildman–Crippen LogP) is 3.39. The average Bonchev–Trinajstić information content (AvgIpc) is 2.94. The summed E-state index contributed by atoms with van der Waals surface area (Å²) in [7, 11) is 0. The summed E-state index contributed by atoms with van der Waals surface area (Å²) in [5.41, 5.74) is 6.51.